The summed E-state index contributed by atoms with van der Waals surface area (Å²) in [6, 6.07) is 14.4. The monoisotopic (exact) mass is 410 g/mol. The lowest BCUT2D eigenvalue weighted by atomic mass is 10.3. The van der Waals surface area contributed by atoms with E-state index in [-0.39, 0.29) is 0 Å². The van der Waals surface area contributed by atoms with Crippen LogP contribution >= 0.6 is 46.3 Å². The van der Waals surface area contributed by atoms with E-state index in [0.29, 0.717) is 26.6 Å². The van der Waals surface area contributed by atoms with E-state index in [1.54, 1.807) is 30.0 Å². The smallest absolute Gasteiger partial charge is 0.306 e. The highest BCUT2D eigenvalue weighted by molar-refractivity contribution is 7.98. The quantitative estimate of drug-likeness (QED) is 0.522. The molecule has 0 fully saturated rings. The molecule has 0 spiro atoms. The maximum absolute atomic E-state index is 12.0. The summed E-state index contributed by atoms with van der Waals surface area (Å²) in [5, 5.41) is 15.5. The van der Waals surface area contributed by atoms with E-state index in [1.807, 2.05) is 30.3 Å². The Balaban J connectivity index is 1.54. The van der Waals surface area contributed by atoms with Crippen LogP contribution < -0.4 is 10.6 Å². The second-order valence-electron chi connectivity index (χ2n) is 4.81. The number of thioether (sulfide) groups is 1. The van der Waals surface area contributed by atoms with Gasteiger partial charge in [0.1, 0.15) is 5.01 Å². The zero-order chi connectivity index (χ0) is 17.6. The molecule has 0 atom stereocenters. The van der Waals surface area contributed by atoms with E-state index in [0.717, 1.165) is 9.90 Å². The minimum Gasteiger partial charge on any atom is -0.306 e. The van der Waals surface area contributed by atoms with Crippen molar-refractivity contribution >= 4 is 63.2 Å². The van der Waals surface area contributed by atoms with Crippen LogP contribution in [0.5, 0.6) is 0 Å². The van der Waals surface area contributed by atoms with Gasteiger partial charge in [0.05, 0.1) is 16.5 Å². The number of amides is 2. The molecule has 0 aliphatic carbocycles. The summed E-state index contributed by atoms with van der Waals surface area (Å²) < 4.78 is 0. The third-order valence-electron chi connectivity index (χ3n) is 2.97. The Morgan fingerprint density at radius 1 is 1.08 bits per heavy atom. The largest absolute Gasteiger partial charge is 0.325 e. The van der Waals surface area contributed by atoms with Gasteiger partial charge in [-0.15, -0.1) is 22.0 Å². The van der Waals surface area contributed by atoms with E-state index in [9.17, 15) is 4.79 Å². The number of anilines is 2. The van der Waals surface area contributed by atoms with Crippen LogP contribution in [-0.2, 0) is 5.75 Å². The molecule has 0 saturated heterocycles. The first-order chi connectivity index (χ1) is 12.1. The Morgan fingerprint density at radius 3 is 2.64 bits per heavy atom. The number of nitrogens with one attached hydrogen (secondary N) is 2. The second-order valence-corrected chi connectivity index (χ2v) is 7.76. The molecule has 0 unspecified atom stereocenters. The molecule has 0 aliphatic heterocycles. The van der Waals surface area contributed by atoms with Crippen molar-refractivity contribution in [1.82, 2.24) is 10.2 Å². The Morgan fingerprint density at radius 2 is 1.88 bits per heavy atom. The second kappa shape index (κ2) is 8.53. The lowest BCUT2D eigenvalue weighted by molar-refractivity contribution is 0.262. The molecule has 0 saturated carbocycles. The fourth-order valence-corrected chi connectivity index (χ4v) is 3.96. The van der Waals surface area contributed by atoms with E-state index < -0.39 is 6.03 Å². The van der Waals surface area contributed by atoms with Crippen molar-refractivity contribution in [3.63, 3.8) is 0 Å². The van der Waals surface area contributed by atoms with Crippen LogP contribution in [0.1, 0.15) is 5.01 Å². The molecule has 5 nitrogen and oxygen atoms in total. The Kier molecular flexibility index (Phi) is 6.14. The number of halogens is 2. The van der Waals surface area contributed by atoms with E-state index in [1.165, 1.54) is 11.3 Å². The van der Waals surface area contributed by atoms with Crippen molar-refractivity contribution in [1.29, 1.82) is 0 Å². The van der Waals surface area contributed by atoms with E-state index in [4.69, 9.17) is 23.2 Å². The SMILES string of the molecule is O=C(Nc1nnc(CSc2ccccc2)s1)Nc1ccc(Cl)cc1Cl. The number of nitrogens with zero attached hydrogens (tertiary/aromatic N) is 2. The number of aromatic nitrogens is 2. The van der Waals surface area contributed by atoms with Crippen LogP contribution in [0.25, 0.3) is 0 Å². The molecule has 0 bridgehead atoms. The van der Waals surface area contributed by atoms with Crippen LogP contribution in [-0.4, -0.2) is 16.2 Å². The topological polar surface area (TPSA) is 66.9 Å². The predicted molar refractivity (Wildman–Crippen MR) is 105 cm³/mol. The number of urea groups is 1. The van der Waals surface area contributed by atoms with Gasteiger partial charge in [0, 0.05) is 9.92 Å². The molecule has 1 heterocycles. The van der Waals surface area contributed by atoms with Gasteiger partial charge in [-0.3, -0.25) is 5.32 Å². The van der Waals surface area contributed by atoms with Gasteiger partial charge in [-0.25, -0.2) is 4.79 Å². The summed E-state index contributed by atoms with van der Waals surface area (Å²) in [4.78, 5) is 13.2. The Labute approximate surface area is 162 Å². The van der Waals surface area contributed by atoms with Gasteiger partial charge in [0.2, 0.25) is 5.13 Å². The van der Waals surface area contributed by atoms with Crippen molar-refractivity contribution < 1.29 is 4.79 Å². The van der Waals surface area contributed by atoms with Crippen LogP contribution in [0.3, 0.4) is 0 Å². The van der Waals surface area contributed by atoms with Crippen LogP contribution in [0, 0.1) is 0 Å². The summed E-state index contributed by atoms with van der Waals surface area (Å²) in [7, 11) is 0. The number of hydrogen-bond acceptors (Lipinski definition) is 5. The molecule has 3 aromatic rings. The number of benzene rings is 2. The highest BCUT2D eigenvalue weighted by atomic mass is 35.5. The molecule has 9 heteroatoms. The maximum atomic E-state index is 12.0. The van der Waals surface area contributed by atoms with Gasteiger partial charge in [-0.05, 0) is 30.3 Å². The van der Waals surface area contributed by atoms with Gasteiger partial charge in [-0.1, -0.05) is 52.7 Å². The maximum Gasteiger partial charge on any atom is 0.325 e. The Hall–Kier alpha value is -1.80. The van der Waals surface area contributed by atoms with Crippen LogP contribution in [0.2, 0.25) is 10.0 Å². The summed E-state index contributed by atoms with van der Waals surface area (Å²) in [6.07, 6.45) is 0. The number of rotatable bonds is 5. The fourth-order valence-electron chi connectivity index (χ4n) is 1.87. The molecule has 2 amide bonds. The first kappa shape index (κ1) is 18.0. The predicted octanol–water partition coefficient (Wildman–Crippen LogP) is 5.78. The lowest BCUT2D eigenvalue weighted by Gasteiger charge is -2.07. The first-order valence-electron chi connectivity index (χ1n) is 7.13. The van der Waals surface area contributed by atoms with Gasteiger partial charge in [0.25, 0.3) is 0 Å². The molecule has 1 aromatic heterocycles. The summed E-state index contributed by atoms with van der Waals surface area (Å²) in [5.74, 6) is 0.688. The molecule has 0 aliphatic rings. The Bertz CT molecular complexity index is 874. The minimum atomic E-state index is -0.442. The van der Waals surface area contributed by atoms with Crippen LogP contribution in [0.15, 0.2) is 53.4 Å². The van der Waals surface area contributed by atoms with Crippen LogP contribution in [0.4, 0.5) is 15.6 Å². The zero-order valence-electron chi connectivity index (χ0n) is 12.7. The molecule has 3 rings (SSSR count). The standard InChI is InChI=1S/C16H12Cl2N4OS2/c17-10-6-7-13(12(18)8-10)19-15(23)20-16-22-21-14(25-16)9-24-11-4-2-1-3-5-11/h1-8H,9H2,(H2,19,20,22,23). The number of carbonyl (C=O) groups excluding carboxylic acids is 1. The molecule has 0 radical (unpaired) electrons. The molecule has 2 aromatic carbocycles. The van der Waals surface area contributed by atoms with Crippen molar-refractivity contribution in [3.05, 3.63) is 63.6 Å². The molecule has 128 valence electrons. The highest BCUT2D eigenvalue weighted by Crippen LogP contribution is 2.27. The van der Waals surface area contributed by atoms with Gasteiger partial charge in [-0.2, -0.15) is 0 Å². The van der Waals surface area contributed by atoms with E-state index in [2.05, 4.69) is 20.8 Å². The summed E-state index contributed by atoms with van der Waals surface area (Å²) in [6.45, 7) is 0. The average Bonchev–Trinajstić information content (AvgIpc) is 3.04. The van der Waals surface area contributed by atoms with Crippen molar-refractivity contribution in [3.8, 4) is 0 Å². The van der Waals surface area contributed by atoms with E-state index >= 15 is 0 Å². The average molecular weight is 411 g/mol. The third-order valence-corrected chi connectivity index (χ3v) is 5.56. The molecule has 25 heavy (non-hydrogen) atoms. The first-order valence-corrected chi connectivity index (χ1v) is 9.69. The van der Waals surface area contributed by atoms with Crippen molar-refractivity contribution in [2.45, 2.75) is 10.6 Å². The van der Waals surface area contributed by atoms with Gasteiger partial charge < -0.3 is 5.32 Å². The lowest BCUT2D eigenvalue weighted by Crippen LogP contribution is -2.19. The number of hydrogen-bond donors (Lipinski definition) is 2. The highest BCUT2D eigenvalue weighted by Gasteiger charge is 2.10. The normalized spacial score (nSPS) is 10.5. The summed E-state index contributed by atoms with van der Waals surface area (Å²) >= 11 is 14.8. The fraction of sp³-hybridized carbons (Fsp3) is 0.0625. The zero-order valence-corrected chi connectivity index (χ0v) is 15.8. The van der Waals surface area contributed by atoms with Gasteiger partial charge in [0.15, 0.2) is 0 Å². The minimum absolute atomic E-state index is 0.361. The van der Waals surface area contributed by atoms with Gasteiger partial charge >= 0.3 is 6.03 Å². The number of carbonyl (C=O) groups is 1. The molecule has 2 N–H and O–H groups in total. The van der Waals surface area contributed by atoms with Crippen molar-refractivity contribution in [2.24, 2.45) is 0 Å². The third kappa shape index (κ3) is 5.34. The van der Waals surface area contributed by atoms with Crippen molar-refractivity contribution in [2.75, 3.05) is 10.6 Å². The molecular weight excluding hydrogens is 399 g/mol. The molecular formula is C16H12Cl2N4OS2. The summed E-state index contributed by atoms with van der Waals surface area (Å²) in [5.41, 5.74) is 0.466.